The number of benzene rings is 3. The van der Waals surface area contributed by atoms with Gasteiger partial charge in [0.15, 0.2) is 0 Å². The van der Waals surface area contributed by atoms with Gasteiger partial charge in [-0.1, -0.05) is 78.9 Å². The van der Waals surface area contributed by atoms with Gasteiger partial charge in [-0.15, -0.1) is 0 Å². The van der Waals surface area contributed by atoms with Crippen LogP contribution in [0.3, 0.4) is 0 Å². The Kier molecular flexibility index (Phi) is 7.78. The molecular formula is C34H35N5O2. The lowest BCUT2D eigenvalue weighted by molar-refractivity contribution is 0.0992. The molecule has 0 bridgehead atoms. The summed E-state index contributed by atoms with van der Waals surface area (Å²) in [6.45, 7) is 3.07. The Bertz CT molecular complexity index is 1550. The SMILES string of the molecule is CN[C@@H](C)c1ncc(-c2ccc(-c3ccc(C4=CN=C([C@@H]5CCCN5C(=O)OCc5ccccc5)C4)cc3)cc2)[nH]1. The molecule has 0 aliphatic carbocycles. The van der Waals surface area contributed by atoms with Gasteiger partial charge in [0.05, 0.1) is 24.0 Å². The number of amides is 1. The maximum Gasteiger partial charge on any atom is 0.410 e. The number of hydrogen-bond acceptors (Lipinski definition) is 5. The van der Waals surface area contributed by atoms with Crippen LogP contribution in [-0.2, 0) is 11.3 Å². The molecule has 2 N–H and O–H groups in total. The van der Waals surface area contributed by atoms with E-state index >= 15 is 0 Å². The Hall–Kier alpha value is -4.49. The van der Waals surface area contributed by atoms with Crippen molar-refractivity contribution in [2.24, 2.45) is 4.99 Å². The standard InChI is InChI=1S/C34H35N5O2/c1-23(35-2)33-37-21-31(38-33)28-16-14-26(15-17-28)25-10-12-27(13-11-25)29-19-30(36-20-29)32-9-6-18-39(32)34(40)41-22-24-7-4-3-5-8-24/h3-5,7-8,10-17,20-21,23,32,35H,6,9,18-19,22H2,1-2H3,(H,37,38)/t23-,32-/m0/s1. The second-order valence-corrected chi connectivity index (χ2v) is 10.7. The minimum absolute atomic E-state index is 0.00258. The Labute approximate surface area is 241 Å². The summed E-state index contributed by atoms with van der Waals surface area (Å²) in [6, 6.07) is 27.2. The molecule has 4 aromatic rings. The van der Waals surface area contributed by atoms with Gasteiger partial charge < -0.3 is 15.0 Å². The van der Waals surface area contributed by atoms with Gasteiger partial charge in [0.25, 0.3) is 0 Å². The molecule has 3 heterocycles. The summed E-state index contributed by atoms with van der Waals surface area (Å²) in [5.74, 6) is 0.930. The van der Waals surface area contributed by atoms with Crippen molar-refractivity contribution in [2.75, 3.05) is 13.6 Å². The summed E-state index contributed by atoms with van der Waals surface area (Å²) in [7, 11) is 1.93. The predicted octanol–water partition coefficient (Wildman–Crippen LogP) is 7.01. The number of aromatic amines is 1. The van der Waals surface area contributed by atoms with E-state index in [-0.39, 0.29) is 24.8 Å². The van der Waals surface area contributed by atoms with Crippen molar-refractivity contribution in [3.05, 3.63) is 108 Å². The molecule has 1 saturated heterocycles. The first-order valence-corrected chi connectivity index (χ1v) is 14.3. The van der Waals surface area contributed by atoms with E-state index < -0.39 is 0 Å². The highest BCUT2D eigenvalue weighted by atomic mass is 16.6. The highest BCUT2D eigenvalue weighted by Crippen LogP contribution is 2.32. The summed E-state index contributed by atoms with van der Waals surface area (Å²) in [6.07, 6.45) is 6.21. The van der Waals surface area contributed by atoms with E-state index in [9.17, 15) is 4.79 Å². The molecule has 2 aliphatic heterocycles. The second kappa shape index (κ2) is 11.9. The lowest BCUT2D eigenvalue weighted by atomic mass is 9.96. The number of carbonyl (C=O) groups excluding carboxylic acids is 1. The van der Waals surface area contributed by atoms with Gasteiger partial charge in [-0.25, -0.2) is 9.78 Å². The summed E-state index contributed by atoms with van der Waals surface area (Å²) in [4.78, 5) is 27.4. The lowest BCUT2D eigenvalue weighted by Gasteiger charge is -2.24. The molecule has 41 heavy (non-hydrogen) atoms. The molecule has 208 valence electrons. The summed E-state index contributed by atoms with van der Waals surface area (Å²) < 4.78 is 5.62. The van der Waals surface area contributed by atoms with Crippen molar-refractivity contribution in [2.45, 2.75) is 44.9 Å². The number of nitrogens with zero attached hydrogens (tertiary/aromatic N) is 3. The van der Waals surface area contributed by atoms with Crippen LogP contribution in [-0.4, -0.2) is 46.3 Å². The number of likely N-dealkylation sites (tertiary alicyclic amines) is 1. The molecule has 0 spiro atoms. The van der Waals surface area contributed by atoms with Crippen LogP contribution in [0, 0.1) is 0 Å². The number of allylic oxidation sites excluding steroid dienone is 1. The fourth-order valence-corrected chi connectivity index (χ4v) is 5.52. The number of rotatable bonds is 8. The average molecular weight is 546 g/mol. The number of ether oxygens (including phenoxy) is 1. The molecule has 1 aromatic heterocycles. The van der Waals surface area contributed by atoms with Crippen molar-refractivity contribution in [1.82, 2.24) is 20.2 Å². The predicted molar refractivity (Wildman–Crippen MR) is 163 cm³/mol. The zero-order valence-electron chi connectivity index (χ0n) is 23.5. The van der Waals surface area contributed by atoms with Crippen LogP contribution in [0.4, 0.5) is 4.79 Å². The first-order valence-electron chi connectivity index (χ1n) is 14.3. The van der Waals surface area contributed by atoms with Crippen molar-refractivity contribution in [1.29, 1.82) is 0 Å². The van der Waals surface area contributed by atoms with Gasteiger partial charge in [-0.3, -0.25) is 9.89 Å². The maximum absolute atomic E-state index is 12.9. The molecule has 2 aliphatic rings. The van der Waals surface area contributed by atoms with Crippen LogP contribution in [0.15, 0.2) is 96.3 Å². The molecule has 1 fully saturated rings. The number of nitrogens with one attached hydrogen (secondary N) is 2. The van der Waals surface area contributed by atoms with E-state index in [0.29, 0.717) is 6.54 Å². The van der Waals surface area contributed by atoms with E-state index in [4.69, 9.17) is 9.73 Å². The number of aromatic nitrogens is 2. The van der Waals surface area contributed by atoms with E-state index in [1.54, 1.807) is 0 Å². The van der Waals surface area contributed by atoms with Gasteiger partial charge in [-0.05, 0) is 60.2 Å². The van der Waals surface area contributed by atoms with E-state index in [2.05, 4.69) is 70.7 Å². The summed E-state index contributed by atoms with van der Waals surface area (Å²) >= 11 is 0. The highest BCUT2D eigenvalue weighted by Gasteiger charge is 2.34. The molecule has 6 rings (SSSR count). The topological polar surface area (TPSA) is 82.6 Å². The molecule has 0 saturated carbocycles. The Morgan fingerprint density at radius 1 is 1.00 bits per heavy atom. The van der Waals surface area contributed by atoms with Crippen molar-refractivity contribution >= 4 is 17.4 Å². The Morgan fingerprint density at radius 3 is 2.39 bits per heavy atom. The smallest absolute Gasteiger partial charge is 0.410 e. The van der Waals surface area contributed by atoms with E-state index in [0.717, 1.165) is 64.3 Å². The molecule has 0 radical (unpaired) electrons. The fourth-order valence-electron chi connectivity index (χ4n) is 5.52. The van der Waals surface area contributed by atoms with Crippen LogP contribution < -0.4 is 5.32 Å². The minimum Gasteiger partial charge on any atom is -0.445 e. The minimum atomic E-state index is -0.261. The van der Waals surface area contributed by atoms with E-state index in [1.165, 1.54) is 5.57 Å². The van der Waals surface area contributed by atoms with Gasteiger partial charge in [0.1, 0.15) is 12.4 Å². The zero-order valence-corrected chi connectivity index (χ0v) is 23.5. The van der Waals surface area contributed by atoms with Gasteiger partial charge in [-0.2, -0.15) is 0 Å². The average Bonchev–Trinajstić information content (AvgIpc) is 3.81. The summed E-state index contributed by atoms with van der Waals surface area (Å²) in [5, 5.41) is 3.21. The fraction of sp³-hybridized carbons (Fsp3) is 0.265. The molecule has 7 nitrogen and oxygen atoms in total. The Balaban J connectivity index is 1.06. The number of hydrogen-bond donors (Lipinski definition) is 2. The van der Waals surface area contributed by atoms with Crippen LogP contribution >= 0.6 is 0 Å². The third-order valence-electron chi connectivity index (χ3n) is 8.06. The van der Waals surface area contributed by atoms with Crippen molar-refractivity contribution < 1.29 is 9.53 Å². The van der Waals surface area contributed by atoms with Crippen molar-refractivity contribution in [3.63, 3.8) is 0 Å². The first kappa shape index (κ1) is 26.7. The third kappa shape index (κ3) is 5.86. The molecule has 0 unspecified atom stereocenters. The van der Waals surface area contributed by atoms with Gasteiger partial charge >= 0.3 is 6.09 Å². The molecular weight excluding hydrogens is 510 g/mol. The maximum atomic E-state index is 12.9. The monoisotopic (exact) mass is 545 g/mol. The summed E-state index contributed by atoms with van der Waals surface area (Å²) in [5.41, 5.74) is 8.82. The zero-order chi connectivity index (χ0) is 28.2. The second-order valence-electron chi connectivity index (χ2n) is 10.7. The number of H-pyrrole nitrogens is 1. The molecule has 1 amide bonds. The molecule has 7 heteroatoms. The molecule has 2 atom stereocenters. The number of imidazole rings is 1. The quantitative estimate of drug-likeness (QED) is 0.249. The highest BCUT2D eigenvalue weighted by molar-refractivity contribution is 6.03. The van der Waals surface area contributed by atoms with Crippen LogP contribution in [0.1, 0.15) is 49.2 Å². The van der Waals surface area contributed by atoms with Gasteiger partial charge in [0, 0.05) is 24.9 Å². The van der Waals surface area contributed by atoms with Crippen LogP contribution in [0.2, 0.25) is 0 Å². The van der Waals surface area contributed by atoms with Gasteiger partial charge in [0.2, 0.25) is 0 Å². The van der Waals surface area contributed by atoms with Crippen LogP contribution in [0.5, 0.6) is 0 Å². The number of aliphatic imine (C=N–C) groups is 1. The normalized spacial score (nSPS) is 17.3. The largest absolute Gasteiger partial charge is 0.445 e. The first-order chi connectivity index (χ1) is 20.1. The van der Waals surface area contributed by atoms with E-state index in [1.807, 2.05) is 54.7 Å². The van der Waals surface area contributed by atoms with Crippen LogP contribution in [0.25, 0.3) is 28.0 Å². The lowest BCUT2D eigenvalue weighted by Crippen LogP contribution is -2.40. The Morgan fingerprint density at radius 2 is 1.68 bits per heavy atom. The molecule has 3 aromatic carbocycles. The number of carbonyl (C=O) groups is 1. The third-order valence-corrected chi connectivity index (χ3v) is 8.06. The van der Waals surface area contributed by atoms with Crippen molar-refractivity contribution in [3.8, 4) is 22.4 Å².